The van der Waals surface area contributed by atoms with Gasteiger partial charge in [0, 0.05) is 13.1 Å². The zero-order valence-electron chi connectivity index (χ0n) is 9.40. The summed E-state index contributed by atoms with van der Waals surface area (Å²) in [5, 5.41) is 9.77. The summed E-state index contributed by atoms with van der Waals surface area (Å²) < 4.78 is 0. The Labute approximate surface area is 105 Å². The number of carbonyl (C=O) groups is 1. The highest BCUT2D eigenvalue weighted by Gasteiger charge is 2.39. The van der Waals surface area contributed by atoms with E-state index in [1.54, 1.807) is 6.07 Å². The molecule has 1 aliphatic rings. The first-order chi connectivity index (χ1) is 8.03. The summed E-state index contributed by atoms with van der Waals surface area (Å²) in [7, 11) is 0. The third kappa shape index (κ3) is 2.37. The zero-order chi connectivity index (χ0) is 12.5. The number of hydrogen-bond acceptors (Lipinski definition) is 3. The van der Waals surface area contributed by atoms with Crippen molar-refractivity contribution in [3.63, 3.8) is 0 Å². The van der Waals surface area contributed by atoms with Gasteiger partial charge in [0.25, 0.3) is 0 Å². The molecule has 1 aromatic carbocycles. The summed E-state index contributed by atoms with van der Waals surface area (Å²) in [6, 6.07) is 7.41. The van der Waals surface area contributed by atoms with E-state index in [2.05, 4.69) is 0 Å². The first-order valence-electron chi connectivity index (χ1n) is 5.55. The Morgan fingerprint density at radius 1 is 1.47 bits per heavy atom. The molecule has 1 unspecified atom stereocenters. The molecule has 1 aliphatic heterocycles. The van der Waals surface area contributed by atoms with Gasteiger partial charge in [-0.2, -0.15) is 0 Å². The van der Waals surface area contributed by atoms with Crippen LogP contribution in [0.2, 0.25) is 5.02 Å². The summed E-state index contributed by atoms with van der Waals surface area (Å²) in [6.07, 6.45) is 1.26. The fourth-order valence-electron chi connectivity index (χ4n) is 2.17. The lowest BCUT2D eigenvalue weighted by Crippen LogP contribution is -2.59. The number of carboxylic acid groups (broad SMARTS) is 1. The number of nitrogens with zero attached hydrogens (tertiary/aromatic N) is 1. The quantitative estimate of drug-likeness (QED) is 0.843. The molecule has 5 heteroatoms. The fraction of sp³-hybridized carbons (Fsp3) is 0.417. The van der Waals surface area contributed by atoms with Crippen LogP contribution in [-0.4, -0.2) is 29.7 Å². The predicted molar refractivity (Wildman–Crippen MR) is 67.5 cm³/mol. The van der Waals surface area contributed by atoms with Gasteiger partial charge in [0.05, 0.1) is 10.7 Å². The second-order valence-corrected chi connectivity index (χ2v) is 4.85. The Morgan fingerprint density at radius 3 is 2.82 bits per heavy atom. The molecular weight excluding hydrogens is 240 g/mol. The normalized spacial score (nSPS) is 24.7. The summed E-state index contributed by atoms with van der Waals surface area (Å²) in [4.78, 5) is 13.1. The van der Waals surface area contributed by atoms with Gasteiger partial charge in [-0.1, -0.05) is 23.7 Å². The van der Waals surface area contributed by atoms with Gasteiger partial charge < -0.3 is 15.7 Å². The third-order valence-corrected chi connectivity index (χ3v) is 3.46. The van der Waals surface area contributed by atoms with Crippen LogP contribution in [-0.2, 0) is 4.79 Å². The molecule has 0 radical (unpaired) electrons. The van der Waals surface area contributed by atoms with Crippen molar-refractivity contribution in [2.24, 2.45) is 5.73 Å². The fourth-order valence-corrected chi connectivity index (χ4v) is 2.43. The minimum Gasteiger partial charge on any atom is -0.480 e. The van der Waals surface area contributed by atoms with Crippen LogP contribution in [0.25, 0.3) is 0 Å². The number of aliphatic carboxylic acids is 1. The molecule has 17 heavy (non-hydrogen) atoms. The molecule has 1 aromatic rings. The maximum atomic E-state index is 11.2. The van der Waals surface area contributed by atoms with E-state index < -0.39 is 11.5 Å². The highest BCUT2D eigenvalue weighted by Crippen LogP contribution is 2.30. The number of hydrogen-bond donors (Lipinski definition) is 2. The van der Waals surface area contributed by atoms with Crippen LogP contribution < -0.4 is 10.6 Å². The van der Waals surface area contributed by atoms with E-state index in [0.717, 1.165) is 18.7 Å². The molecule has 4 nitrogen and oxygen atoms in total. The second kappa shape index (κ2) is 4.55. The Balaban J connectivity index is 2.24. The number of benzene rings is 1. The molecule has 1 heterocycles. The highest BCUT2D eigenvalue weighted by molar-refractivity contribution is 6.33. The average molecular weight is 255 g/mol. The monoisotopic (exact) mass is 254 g/mol. The molecule has 0 aromatic heterocycles. The number of nitrogens with two attached hydrogens (primary N) is 1. The predicted octanol–water partition coefficient (Wildman–Crippen LogP) is 1.72. The molecule has 0 amide bonds. The van der Waals surface area contributed by atoms with Crippen LogP contribution in [0.15, 0.2) is 24.3 Å². The maximum Gasteiger partial charge on any atom is 0.325 e. The highest BCUT2D eigenvalue weighted by atomic mass is 35.5. The Morgan fingerprint density at radius 2 is 2.18 bits per heavy atom. The molecule has 0 saturated carbocycles. The van der Waals surface area contributed by atoms with E-state index in [0.29, 0.717) is 18.0 Å². The van der Waals surface area contributed by atoms with Crippen LogP contribution >= 0.6 is 11.6 Å². The van der Waals surface area contributed by atoms with Crippen molar-refractivity contribution in [2.45, 2.75) is 18.4 Å². The van der Waals surface area contributed by atoms with Crippen molar-refractivity contribution >= 4 is 23.3 Å². The minimum atomic E-state index is -1.17. The molecular formula is C12H15ClN2O2. The molecule has 0 aliphatic carbocycles. The molecule has 1 atom stereocenters. The summed E-state index contributed by atoms with van der Waals surface area (Å²) in [5.41, 5.74) is 5.58. The maximum absolute atomic E-state index is 11.2. The summed E-state index contributed by atoms with van der Waals surface area (Å²) in [5.74, 6) is -0.950. The smallest absolute Gasteiger partial charge is 0.325 e. The first kappa shape index (κ1) is 12.2. The van der Waals surface area contributed by atoms with Gasteiger partial charge in [-0.3, -0.25) is 4.79 Å². The zero-order valence-corrected chi connectivity index (χ0v) is 10.2. The van der Waals surface area contributed by atoms with Gasteiger partial charge in [0.2, 0.25) is 0 Å². The van der Waals surface area contributed by atoms with E-state index in [4.69, 9.17) is 22.4 Å². The number of piperidine rings is 1. The molecule has 2 rings (SSSR count). The van der Waals surface area contributed by atoms with Gasteiger partial charge >= 0.3 is 5.97 Å². The number of anilines is 1. The second-order valence-electron chi connectivity index (χ2n) is 4.44. The van der Waals surface area contributed by atoms with Gasteiger partial charge in [-0.25, -0.2) is 0 Å². The largest absolute Gasteiger partial charge is 0.480 e. The first-order valence-corrected chi connectivity index (χ1v) is 5.92. The average Bonchev–Trinajstić information content (AvgIpc) is 2.29. The summed E-state index contributed by atoms with van der Waals surface area (Å²) >= 11 is 6.10. The van der Waals surface area contributed by atoms with Crippen molar-refractivity contribution in [3.05, 3.63) is 29.3 Å². The molecule has 92 valence electrons. The van der Waals surface area contributed by atoms with E-state index in [-0.39, 0.29) is 0 Å². The lowest BCUT2D eigenvalue weighted by Gasteiger charge is -2.38. The van der Waals surface area contributed by atoms with E-state index in [9.17, 15) is 4.79 Å². The number of rotatable bonds is 2. The van der Waals surface area contributed by atoms with E-state index in [1.807, 2.05) is 23.1 Å². The molecule has 0 spiro atoms. The van der Waals surface area contributed by atoms with Crippen molar-refractivity contribution in [3.8, 4) is 0 Å². The van der Waals surface area contributed by atoms with Crippen molar-refractivity contribution in [2.75, 3.05) is 18.0 Å². The van der Waals surface area contributed by atoms with E-state index >= 15 is 0 Å². The van der Waals surface area contributed by atoms with Gasteiger partial charge in [0.1, 0.15) is 5.54 Å². The van der Waals surface area contributed by atoms with Crippen LogP contribution in [0.1, 0.15) is 12.8 Å². The van der Waals surface area contributed by atoms with Crippen LogP contribution in [0, 0.1) is 0 Å². The van der Waals surface area contributed by atoms with Crippen LogP contribution in [0.3, 0.4) is 0 Å². The van der Waals surface area contributed by atoms with Gasteiger partial charge in [-0.15, -0.1) is 0 Å². The third-order valence-electron chi connectivity index (χ3n) is 3.14. The Hall–Kier alpha value is -1.26. The lowest BCUT2D eigenvalue weighted by atomic mass is 9.90. The van der Waals surface area contributed by atoms with Gasteiger partial charge in [-0.05, 0) is 25.0 Å². The standard InChI is InChI=1S/C12H15ClN2O2/c13-9-4-1-2-5-10(9)15-7-3-6-12(14,8-15)11(16)17/h1-2,4-5H,3,6-8,14H2,(H,16,17). The molecule has 0 bridgehead atoms. The topological polar surface area (TPSA) is 66.6 Å². The Kier molecular flexibility index (Phi) is 3.26. The SMILES string of the molecule is NC1(C(=O)O)CCCN(c2ccccc2Cl)C1. The van der Waals surface area contributed by atoms with Crippen molar-refractivity contribution in [1.82, 2.24) is 0 Å². The van der Waals surface area contributed by atoms with Crippen molar-refractivity contribution < 1.29 is 9.90 Å². The molecule has 1 fully saturated rings. The molecule has 3 N–H and O–H groups in total. The number of halogens is 1. The van der Waals surface area contributed by atoms with E-state index in [1.165, 1.54) is 0 Å². The Bertz CT molecular complexity index is 438. The molecule has 1 saturated heterocycles. The van der Waals surface area contributed by atoms with Gasteiger partial charge in [0.15, 0.2) is 0 Å². The van der Waals surface area contributed by atoms with Crippen LogP contribution in [0.4, 0.5) is 5.69 Å². The van der Waals surface area contributed by atoms with Crippen LogP contribution in [0.5, 0.6) is 0 Å². The number of carboxylic acids is 1. The minimum absolute atomic E-state index is 0.298. The number of para-hydroxylation sites is 1. The summed E-state index contributed by atoms with van der Waals surface area (Å²) in [6.45, 7) is 1.09. The van der Waals surface area contributed by atoms with Crippen molar-refractivity contribution in [1.29, 1.82) is 0 Å². The lowest BCUT2D eigenvalue weighted by molar-refractivity contribution is -0.143.